The number of carbonyl (C=O) groups excluding carboxylic acids is 1. The first-order valence-corrected chi connectivity index (χ1v) is 6.44. The molecular formula is C13H15Cl2NO. The topological polar surface area (TPSA) is 29.1 Å². The van der Waals surface area contributed by atoms with Crippen LogP contribution in [0, 0.1) is 5.92 Å². The summed E-state index contributed by atoms with van der Waals surface area (Å²) in [6.45, 7) is 4.26. The van der Waals surface area contributed by atoms with E-state index in [9.17, 15) is 4.79 Å². The molecule has 0 radical (unpaired) electrons. The van der Waals surface area contributed by atoms with Gasteiger partial charge in [-0.15, -0.1) is 23.2 Å². The normalized spacial score (nSPS) is 21.4. The SMILES string of the molecule is CC(C)c1ccc(NC(=O)[C@H]2CC2(Cl)Cl)cc1. The van der Waals surface area contributed by atoms with Crippen LogP contribution in [0.25, 0.3) is 0 Å². The second-order valence-corrected chi connectivity index (χ2v) is 6.33. The summed E-state index contributed by atoms with van der Waals surface area (Å²) in [5, 5.41) is 2.82. The average Bonchev–Trinajstić information content (AvgIpc) is 2.89. The van der Waals surface area contributed by atoms with Gasteiger partial charge in [-0.05, 0) is 30.0 Å². The zero-order valence-corrected chi connectivity index (χ0v) is 11.3. The van der Waals surface area contributed by atoms with Crippen molar-refractivity contribution in [3.63, 3.8) is 0 Å². The molecule has 0 saturated heterocycles. The summed E-state index contributed by atoms with van der Waals surface area (Å²) in [7, 11) is 0. The molecule has 1 fully saturated rings. The zero-order chi connectivity index (χ0) is 12.6. The van der Waals surface area contributed by atoms with Crippen molar-refractivity contribution in [2.24, 2.45) is 5.92 Å². The minimum absolute atomic E-state index is 0.104. The lowest BCUT2D eigenvalue weighted by Gasteiger charge is -2.08. The van der Waals surface area contributed by atoms with E-state index in [2.05, 4.69) is 19.2 Å². The van der Waals surface area contributed by atoms with Gasteiger partial charge >= 0.3 is 0 Å². The van der Waals surface area contributed by atoms with Gasteiger partial charge in [-0.3, -0.25) is 4.79 Å². The van der Waals surface area contributed by atoms with Crippen LogP contribution in [0.15, 0.2) is 24.3 Å². The summed E-state index contributed by atoms with van der Waals surface area (Å²) < 4.78 is -0.859. The van der Waals surface area contributed by atoms with E-state index in [1.807, 2.05) is 24.3 Å². The second-order valence-electron chi connectivity index (χ2n) is 4.78. The number of nitrogens with one attached hydrogen (secondary N) is 1. The summed E-state index contributed by atoms with van der Waals surface area (Å²) in [5.41, 5.74) is 2.04. The van der Waals surface area contributed by atoms with E-state index >= 15 is 0 Å². The number of anilines is 1. The molecule has 1 aromatic carbocycles. The molecule has 0 spiro atoms. The second kappa shape index (κ2) is 4.51. The van der Waals surface area contributed by atoms with Gasteiger partial charge in [-0.25, -0.2) is 0 Å². The molecule has 1 aliphatic carbocycles. The number of rotatable bonds is 3. The summed E-state index contributed by atoms with van der Waals surface area (Å²) in [6.07, 6.45) is 0.534. The molecular weight excluding hydrogens is 257 g/mol. The lowest BCUT2D eigenvalue weighted by Crippen LogP contribution is -2.16. The number of carbonyl (C=O) groups is 1. The van der Waals surface area contributed by atoms with Gasteiger partial charge in [0.25, 0.3) is 0 Å². The number of alkyl halides is 2. The van der Waals surface area contributed by atoms with Crippen LogP contribution in [-0.4, -0.2) is 10.2 Å². The largest absolute Gasteiger partial charge is 0.326 e. The van der Waals surface area contributed by atoms with Crippen LogP contribution in [0.4, 0.5) is 5.69 Å². The van der Waals surface area contributed by atoms with Crippen LogP contribution in [0.2, 0.25) is 0 Å². The standard InChI is InChI=1S/C13H15Cl2NO/c1-8(2)9-3-5-10(6-4-9)16-12(17)11-7-13(11,14)15/h3-6,8,11H,7H2,1-2H3,(H,16,17)/t11-/m1/s1. The molecule has 1 saturated carbocycles. The van der Waals surface area contributed by atoms with E-state index in [1.165, 1.54) is 5.56 Å². The van der Waals surface area contributed by atoms with Gasteiger partial charge in [0.2, 0.25) is 5.91 Å². The highest BCUT2D eigenvalue weighted by Gasteiger charge is 2.56. The Hall–Kier alpha value is -0.730. The molecule has 1 aromatic rings. The molecule has 4 heteroatoms. The van der Waals surface area contributed by atoms with Crippen molar-refractivity contribution in [3.8, 4) is 0 Å². The van der Waals surface area contributed by atoms with Gasteiger partial charge in [0.05, 0.1) is 5.92 Å². The Labute approximate surface area is 111 Å². The minimum atomic E-state index is -0.859. The molecule has 0 bridgehead atoms. The monoisotopic (exact) mass is 271 g/mol. The first-order valence-electron chi connectivity index (χ1n) is 5.69. The van der Waals surface area contributed by atoms with Gasteiger partial charge in [-0.1, -0.05) is 26.0 Å². The van der Waals surface area contributed by atoms with E-state index in [4.69, 9.17) is 23.2 Å². The Morgan fingerprint density at radius 3 is 2.29 bits per heavy atom. The van der Waals surface area contributed by atoms with Crippen LogP contribution in [0.1, 0.15) is 31.7 Å². The fourth-order valence-electron chi connectivity index (χ4n) is 1.68. The first kappa shape index (κ1) is 12.7. The molecule has 0 heterocycles. The molecule has 1 atom stereocenters. The molecule has 1 amide bonds. The third-order valence-electron chi connectivity index (χ3n) is 2.99. The molecule has 1 aliphatic rings. The lowest BCUT2D eigenvalue weighted by molar-refractivity contribution is -0.117. The van der Waals surface area contributed by atoms with Crippen LogP contribution < -0.4 is 5.32 Å². The van der Waals surface area contributed by atoms with Crippen LogP contribution in [0.3, 0.4) is 0 Å². The minimum Gasteiger partial charge on any atom is -0.326 e. The fourth-order valence-corrected chi connectivity index (χ4v) is 2.19. The Kier molecular flexibility index (Phi) is 3.37. The molecule has 0 aliphatic heterocycles. The smallest absolute Gasteiger partial charge is 0.230 e. The number of benzene rings is 1. The van der Waals surface area contributed by atoms with Crippen molar-refractivity contribution < 1.29 is 4.79 Å². The van der Waals surface area contributed by atoms with E-state index in [-0.39, 0.29) is 11.8 Å². The Morgan fingerprint density at radius 1 is 1.35 bits per heavy atom. The molecule has 1 N–H and O–H groups in total. The summed E-state index contributed by atoms with van der Waals surface area (Å²) in [4.78, 5) is 11.7. The molecule has 92 valence electrons. The van der Waals surface area contributed by atoms with Crippen molar-refractivity contribution >= 4 is 34.8 Å². The Morgan fingerprint density at radius 2 is 1.88 bits per heavy atom. The maximum atomic E-state index is 11.7. The predicted octanol–water partition coefficient (Wildman–Crippen LogP) is 3.94. The van der Waals surface area contributed by atoms with Crippen LogP contribution >= 0.6 is 23.2 Å². The van der Waals surface area contributed by atoms with Crippen LogP contribution in [0.5, 0.6) is 0 Å². The van der Waals surface area contributed by atoms with Crippen molar-refractivity contribution in [3.05, 3.63) is 29.8 Å². The quantitative estimate of drug-likeness (QED) is 0.829. The average molecular weight is 272 g/mol. The van der Waals surface area contributed by atoms with E-state index in [0.717, 1.165) is 5.69 Å². The van der Waals surface area contributed by atoms with Gasteiger partial charge in [0, 0.05) is 5.69 Å². The highest BCUT2D eigenvalue weighted by Crippen LogP contribution is 2.53. The van der Waals surface area contributed by atoms with Crippen molar-refractivity contribution in [2.75, 3.05) is 5.32 Å². The maximum Gasteiger partial charge on any atom is 0.230 e. The Bertz CT molecular complexity index is 426. The van der Waals surface area contributed by atoms with E-state index in [0.29, 0.717) is 12.3 Å². The summed E-state index contributed by atoms with van der Waals surface area (Å²) in [6, 6.07) is 7.84. The lowest BCUT2D eigenvalue weighted by atomic mass is 10.0. The highest BCUT2D eigenvalue weighted by molar-refractivity contribution is 6.52. The van der Waals surface area contributed by atoms with Crippen molar-refractivity contribution in [1.82, 2.24) is 0 Å². The van der Waals surface area contributed by atoms with E-state index in [1.54, 1.807) is 0 Å². The third-order valence-corrected chi connectivity index (χ3v) is 3.82. The van der Waals surface area contributed by atoms with Gasteiger partial charge in [0.15, 0.2) is 0 Å². The maximum absolute atomic E-state index is 11.7. The highest BCUT2D eigenvalue weighted by atomic mass is 35.5. The van der Waals surface area contributed by atoms with E-state index < -0.39 is 4.33 Å². The summed E-state index contributed by atoms with van der Waals surface area (Å²) >= 11 is 11.7. The molecule has 17 heavy (non-hydrogen) atoms. The first-order chi connectivity index (χ1) is 7.90. The number of hydrogen-bond donors (Lipinski definition) is 1. The van der Waals surface area contributed by atoms with Gasteiger partial charge in [0.1, 0.15) is 4.33 Å². The fraction of sp³-hybridized carbons (Fsp3) is 0.462. The van der Waals surface area contributed by atoms with Gasteiger partial charge < -0.3 is 5.32 Å². The van der Waals surface area contributed by atoms with Crippen molar-refractivity contribution in [2.45, 2.75) is 30.5 Å². The Balaban J connectivity index is 1.98. The molecule has 2 rings (SSSR count). The van der Waals surface area contributed by atoms with Crippen molar-refractivity contribution in [1.29, 1.82) is 0 Å². The zero-order valence-electron chi connectivity index (χ0n) is 9.84. The number of amides is 1. The molecule has 2 nitrogen and oxygen atoms in total. The molecule has 0 aromatic heterocycles. The van der Waals surface area contributed by atoms with Crippen LogP contribution in [-0.2, 0) is 4.79 Å². The third kappa shape index (κ3) is 2.93. The van der Waals surface area contributed by atoms with Gasteiger partial charge in [-0.2, -0.15) is 0 Å². The summed E-state index contributed by atoms with van der Waals surface area (Å²) in [5.74, 6) is 0.101. The number of halogens is 2. The molecule has 0 unspecified atom stereocenters. The number of hydrogen-bond acceptors (Lipinski definition) is 1. The predicted molar refractivity (Wildman–Crippen MR) is 71.7 cm³/mol.